The van der Waals surface area contributed by atoms with Crippen molar-refractivity contribution in [1.82, 2.24) is 0 Å². The molecule has 228 valence electrons. The van der Waals surface area contributed by atoms with E-state index in [-0.39, 0.29) is 0 Å². The molecule has 1 heteroatoms. The Balaban J connectivity index is 1.30. The van der Waals surface area contributed by atoms with Crippen LogP contribution >= 0.6 is 0 Å². The highest BCUT2D eigenvalue weighted by atomic mass is 16.3. The van der Waals surface area contributed by atoms with Crippen molar-refractivity contribution in [3.05, 3.63) is 182 Å². The lowest BCUT2D eigenvalue weighted by molar-refractivity contribution is 0.669. The predicted molar refractivity (Wildman–Crippen MR) is 208 cm³/mol. The van der Waals surface area contributed by atoms with Gasteiger partial charge in [-0.3, -0.25) is 0 Å². The third-order valence-corrected chi connectivity index (χ3v) is 10.1. The van der Waals surface area contributed by atoms with Crippen LogP contribution in [-0.4, -0.2) is 0 Å². The maximum atomic E-state index is 6.23. The van der Waals surface area contributed by atoms with Crippen LogP contribution in [0.1, 0.15) is 0 Å². The number of hydrogen-bond donors (Lipinski definition) is 0. The molecule has 0 unspecified atom stereocenters. The smallest absolute Gasteiger partial charge is 0.136 e. The number of rotatable bonds is 4. The Labute approximate surface area is 284 Å². The summed E-state index contributed by atoms with van der Waals surface area (Å²) in [5, 5.41) is 9.72. The SMILES string of the molecule is c1ccc(-c2cccc(-c3ccccc3)c2-c2c3ccccc3c(-c3ccc4c(ccc5oc6ccccc6c54)c3)c3ccccc23)cc1. The molecule has 10 rings (SSSR count). The van der Waals surface area contributed by atoms with E-state index in [1.54, 1.807) is 0 Å². The summed E-state index contributed by atoms with van der Waals surface area (Å²) in [6.07, 6.45) is 0. The van der Waals surface area contributed by atoms with Gasteiger partial charge in [0.2, 0.25) is 0 Å². The molecule has 10 aromatic rings. The Morgan fingerprint density at radius 1 is 0.286 bits per heavy atom. The highest BCUT2D eigenvalue weighted by molar-refractivity contribution is 6.25. The van der Waals surface area contributed by atoms with Gasteiger partial charge < -0.3 is 4.42 Å². The summed E-state index contributed by atoms with van der Waals surface area (Å²) in [6.45, 7) is 0. The molecule has 0 spiro atoms. The molecule has 0 bridgehead atoms. The highest BCUT2D eigenvalue weighted by Gasteiger charge is 2.22. The average Bonchev–Trinajstić information content (AvgIpc) is 3.56. The van der Waals surface area contributed by atoms with Gasteiger partial charge in [0.05, 0.1) is 0 Å². The van der Waals surface area contributed by atoms with E-state index in [0.717, 1.165) is 16.6 Å². The van der Waals surface area contributed by atoms with Gasteiger partial charge in [-0.05, 0) is 95.0 Å². The van der Waals surface area contributed by atoms with Gasteiger partial charge >= 0.3 is 0 Å². The van der Waals surface area contributed by atoms with Crippen LogP contribution in [0.15, 0.2) is 186 Å². The first-order valence-corrected chi connectivity index (χ1v) is 16.9. The fourth-order valence-electron chi connectivity index (χ4n) is 7.96. The lowest BCUT2D eigenvalue weighted by Crippen LogP contribution is -1.95. The zero-order chi connectivity index (χ0) is 32.3. The molecule has 1 nitrogen and oxygen atoms in total. The fourth-order valence-corrected chi connectivity index (χ4v) is 7.96. The van der Waals surface area contributed by atoms with Gasteiger partial charge in [0.1, 0.15) is 11.2 Å². The first-order valence-electron chi connectivity index (χ1n) is 16.9. The molecule has 0 N–H and O–H groups in total. The molecule has 0 atom stereocenters. The van der Waals surface area contributed by atoms with E-state index in [1.807, 2.05) is 6.07 Å². The van der Waals surface area contributed by atoms with Gasteiger partial charge in [0.25, 0.3) is 0 Å². The molecule has 0 aliphatic heterocycles. The maximum absolute atomic E-state index is 6.23. The minimum absolute atomic E-state index is 0.923. The Morgan fingerprint density at radius 3 is 1.43 bits per heavy atom. The van der Waals surface area contributed by atoms with Gasteiger partial charge in [0.15, 0.2) is 0 Å². The predicted octanol–water partition coefficient (Wildman–Crippen LogP) is 13.7. The van der Waals surface area contributed by atoms with Crippen molar-refractivity contribution < 1.29 is 4.42 Å². The Hall–Kier alpha value is -6.44. The number of benzene rings is 9. The van der Waals surface area contributed by atoms with Crippen LogP contribution in [0.2, 0.25) is 0 Å². The van der Waals surface area contributed by atoms with Gasteiger partial charge in [0, 0.05) is 10.8 Å². The summed E-state index contributed by atoms with van der Waals surface area (Å²) >= 11 is 0. The molecule has 0 aliphatic rings. The van der Waals surface area contributed by atoms with E-state index >= 15 is 0 Å². The molecule has 9 aromatic carbocycles. The third-order valence-electron chi connectivity index (χ3n) is 10.1. The van der Waals surface area contributed by atoms with Crippen LogP contribution in [0.3, 0.4) is 0 Å². The lowest BCUT2D eigenvalue weighted by Gasteiger charge is -2.22. The average molecular weight is 623 g/mol. The second-order valence-corrected chi connectivity index (χ2v) is 12.8. The van der Waals surface area contributed by atoms with Crippen LogP contribution < -0.4 is 0 Å². The van der Waals surface area contributed by atoms with Crippen molar-refractivity contribution in [3.8, 4) is 44.5 Å². The van der Waals surface area contributed by atoms with Gasteiger partial charge in [-0.1, -0.05) is 164 Å². The number of para-hydroxylation sites is 1. The van der Waals surface area contributed by atoms with E-state index < -0.39 is 0 Å². The van der Waals surface area contributed by atoms with Gasteiger partial charge in [-0.2, -0.15) is 0 Å². The van der Waals surface area contributed by atoms with Crippen molar-refractivity contribution in [3.63, 3.8) is 0 Å². The van der Waals surface area contributed by atoms with Crippen molar-refractivity contribution in [2.75, 3.05) is 0 Å². The summed E-state index contributed by atoms with van der Waals surface area (Å²) in [5.74, 6) is 0. The van der Waals surface area contributed by atoms with Crippen LogP contribution in [0, 0.1) is 0 Å². The van der Waals surface area contributed by atoms with Crippen molar-refractivity contribution in [2.45, 2.75) is 0 Å². The lowest BCUT2D eigenvalue weighted by atomic mass is 9.81. The minimum atomic E-state index is 0.923. The number of furan rings is 1. The molecular formula is C48H30O. The quantitative estimate of drug-likeness (QED) is 0.178. The van der Waals surface area contributed by atoms with E-state index in [2.05, 4.69) is 176 Å². The Morgan fingerprint density at radius 2 is 0.816 bits per heavy atom. The number of hydrogen-bond acceptors (Lipinski definition) is 1. The highest BCUT2D eigenvalue weighted by Crippen LogP contribution is 2.49. The fraction of sp³-hybridized carbons (Fsp3) is 0. The molecule has 0 aliphatic carbocycles. The van der Waals surface area contributed by atoms with Crippen LogP contribution in [-0.2, 0) is 0 Å². The molecular weight excluding hydrogens is 593 g/mol. The van der Waals surface area contributed by atoms with Crippen LogP contribution in [0.5, 0.6) is 0 Å². The molecule has 0 fully saturated rings. The van der Waals surface area contributed by atoms with Crippen molar-refractivity contribution in [2.24, 2.45) is 0 Å². The largest absolute Gasteiger partial charge is 0.456 e. The molecule has 49 heavy (non-hydrogen) atoms. The molecule has 1 aromatic heterocycles. The summed E-state index contributed by atoms with van der Waals surface area (Å²) < 4.78 is 6.23. The standard InChI is InChI=1S/C48H30O/c1-3-14-31(15-4-1)35-23-13-24-36(32-16-5-2-6-17-32)47(35)48-40-20-9-7-18-38(40)45(39-19-8-10-21-41(39)48)34-26-28-37-33(30-34)27-29-44-46(37)42-22-11-12-25-43(42)49-44/h1-30H. The van der Waals surface area contributed by atoms with E-state index in [4.69, 9.17) is 4.42 Å². The Bertz CT molecular complexity index is 2750. The topological polar surface area (TPSA) is 13.1 Å². The summed E-state index contributed by atoms with van der Waals surface area (Å²) in [4.78, 5) is 0. The molecule has 0 radical (unpaired) electrons. The second-order valence-electron chi connectivity index (χ2n) is 12.8. The summed E-state index contributed by atoms with van der Waals surface area (Å²) in [5.41, 5.74) is 11.7. The minimum Gasteiger partial charge on any atom is -0.456 e. The number of fused-ring (bicyclic) bond motifs is 7. The van der Waals surface area contributed by atoms with E-state index in [0.29, 0.717) is 0 Å². The van der Waals surface area contributed by atoms with Gasteiger partial charge in [-0.25, -0.2) is 0 Å². The molecule has 0 amide bonds. The van der Waals surface area contributed by atoms with Crippen LogP contribution in [0.4, 0.5) is 0 Å². The zero-order valence-corrected chi connectivity index (χ0v) is 26.7. The van der Waals surface area contributed by atoms with Crippen molar-refractivity contribution in [1.29, 1.82) is 0 Å². The van der Waals surface area contributed by atoms with Crippen molar-refractivity contribution >= 4 is 54.3 Å². The van der Waals surface area contributed by atoms with E-state index in [9.17, 15) is 0 Å². The monoisotopic (exact) mass is 622 g/mol. The zero-order valence-electron chi connectivity index (χ0n) is 26.7. The van der Waals surface area contributed by atoms with E-state index in [1.165, 1.54) is 82.2 Å². The summed E-state index contributed by atoms with van der Waals surface area (Å²) in [7, 11) is 0. The summed E-state index contributed by atoms with van der Waals surface area (Å²) in [6, 6.07) is 65.8. The first-order chi connectivity index (χ1) is 24.3. The molecule has 0 saturated carbocycles. The molecule has 1 heterocycles. The third kappa shape index (κ3) is 4.33. The second kappa shape index (κ2) is 11.1. The molecule has 0 saturated heterocycles. The van der Waals surface area contributed by atoms with Gasteiger partial charge in [-0.15, -0.1) is 0 Å². The Kier molecular flexibility index (Phi) is 6.25. The maximum Gasteiger partial charge on any atom is 0.136 e. The first kappa shape index (κ1) is 27.7. The van der Waals surface area contributed by atoms with Crippen LogP contribution in [0.25, 0.3) is 98.8 Å². The normalized spacial score (nSPS) is 11.7.